The van der Waals surface area contributed by atoms with Gasteiger partial charge in [-0.2, -0.15) is 0 Å². The van der Waals surface area contributed by atoms with E-state index in [1.54, 1.807) is 0 Å². The van der Waals surface area contributed by atoms with Crippen LogP contribution in [0.4, 0.5) is 4.39 Å². The van der Waals surface area contributed by atoms with Crippen molar-refractivity contribution < 1.29 is 14.0 Å². The fraction of sp³-hybridized carbons (Fsp3) is 0.720. The van der Waals surface area contributed by atoms with Gasteiger partial charge >= 0.3 is 0 Å². The number of carbonyl (C=O) groups is 2. The number of rotatable bonds is 15. The van der Waals surface area contributed by atoms with Gasteiger partial charge in [0.25, 0.3) is 0 Å². The summed E-state index contributed by atoms with van der Waals surface area (Å²) in [4.78, 5) is 28.6. The van der Waals surface area contributed by atoms with Crippen molar-refractivity contribution in [2.75, 3.05) is 6.67 Å². The van der Waals surface area contributed by atoms with E-state index >= 15 is 0 Å². The minimum absolute atomic E-state index is 0.0540. The van der Waals surface area contributed by atoms with Gasteiger partial charge in [-0.25, -0.2) is 4.39 Å². The minimum atomic E-state index is -0.561. The summed E-state index contributed by atoms with van der Waals surface area (Å²) in [5, 5.41) is 5.81. The predicted octanol–water partition coefficient (Wildman–Crippen LogP) is 4.98. The Morgan fingerprint density at radius 2 is 1.81 bits per heavy atom. The van der Waals surface area contributed by atoms with Crippen LogP contribution in [0.1, 0.15) is 84.5 Å². The molecule has 5 nitrogen and oxygen atoms in total. The Morgan fingerprint density at radius 1 is 1.10 bits per heavy atom. The summed E-state index contributed by atoms with van der Waals surface area (Å²) in [7, 11) is 0. The number of pyridine rings is 1. The standard InChI is InChI=1S/C25H42FN3O2/c1-6-9-14-23(24(16-26)28-19(5)30)18(4)15-21-12-10-13-22(29-21)17-27-25(31)20(8-3)11-7-2/h10,12-13,18,20,23-24H,6-9,11,14-17H2,1-5H3,(H,27,31)(H,28,30)/t18?,20?,23?,24-/m1/s1. The van der Waals surface area contributed by atoms with E-state index in [-0.39, 0.29) is 29.6 Å². The Labute approximate surface area is 188 Å². The lowest BCUT2D eigenvalue weighted by atomic mass is 9.81. The number of alkyl halides is 1. The van der Waals surface area contributed by atoms with Crippen molar-refractivity contribution in [1.29, 1.82) is 0 Å². The third-order valence-electron chi connectivity index (χ3n) is 6.03. The summed E-state index contributed by atoms with van der Waals surface area (Å²) in [5.74, 6) is 0.175. The van der Waals surface area contributed by atoms with E-state index in [1.807, 2.05) is 25.1 Å². The Bertz CT molecular complexity index is 668. The molecule has 1 heterocycles. The highest BCUT2D eigenvalue weighted by molar-refractivity contribution is 5.78. The van der Waals surface area contributed by atoms with Gasteiger partial charge in [-0.15, -0.1) is 0 Å². The van der Waals surface area contributed by atoms with Crippen LogP contribution >= 0.6 is 0 Å². The largest absolute Gasteiger partial charge is 0.351 e. The molecule has 4 atom stereocenters. The summed E-state index contributed by atoms with van der Waals surface area (Å²) in [6.07, 6.45) is 6.35. The van der Waals surface area contributed by atoms with Crippen molar-refractivity contribution in [3.05, 3.63) is 29.6 Å². The highest BCUT2D eigenvalue weighted by atomic mass is 19.1. The fourth-order valence-corrected chi connectivity index (χ4v) is 4.26. The molecule has 0 fully saturated rings. The van der Waals surface area contributed by atoms with Crippen LogP contribution in [0.25, 0.3) is 0 Å². The smallest absolute Gasteiger partial charge is 0.223 e. The Kier molecular flexibility index (Phi) is 13.0. The molecule has 176 valence electrons. The molecule has 0 saturated carbocycles. The molecule has 6 heteroatoms. The summed E-state index contributed by atoms with van der Waals surface area (Å²) in [6, 6.07) is 5.39. The highest BCUT2D eigenvalue weighted by Gasteiger charge is 2.27. The molecule has 0 aliphatic heterocycles. The molecule has 2 amide bonds. The Morgan fingerprint density at radius 3 is 2.39 bits per heavy atom. The van der Waals surface area contributed by atoms with Gasteiger partial charge < -0.3 is 10.6 Å². The summed E-state index contributed by atoms with van der Waals surface area (Å²) in [6.45, 7) is 9.65. The highest BCUT2D eigenvalue weighted by Crippen LogP contribution is 2.26. The molecule has 0 radical (unpaired) electrons. The van der Waals surface area contributed by atoms with E-state index in [9.17, 15) is 14.0 Å². The lowest BCUT2D eigenvalue weighted by Crippen LogP contribution is -2.43. The Hall–Kier alpha value is -1.98. The molecule has 3 unspecified atom stereocenters. The number of hydrogen-bond acceptors (Lipinski definition) is 3. The van der Waals surface area contributed by atoms with E-state index < -0.39 is 12.7 Å². The van der Waals surface area contributed by atoms with Crippen molar-refractivity contribution in [2.45, 2.75) is 92.2 Å². The summed E-state index contributed by atoms with van der Waals surface area (Å²) < 4.78 is 13.7. The van der Waals surface area contributed by atoms with E-state index in [4.69, 9.17) is 4.98 Å². The molecule has 0 spiro atoms. The first-order chi connectivity index (χ1) is 14.9. The number of carbonyl (C=O) groups excluding carboxylic acids is 2. The molecule has 0 aromatic carbocycles. The van der Waals surface area contributed by atoms with Gasteiger partial charge in [0.2, 0.25) is 11.8 Å². The van der Waals surface area contributed by atoms with E-state index in [0.29, 0.717) is 13.0 Å². The van der Waals surface area contributed by atoms with Gasteiger partial charge in [0, 0.05) is 18.5 Å². The number of nitrogens with one attached hydrogen (secondary N) is 2. The predicted molar refractivity (Wildman–Crippen MR) is 124 cm³/mol. The third-order valence-corrected chi connectivity index (χ3v) is 6.03. The summed E-state index contributed by atoms with van der Waals surface area (Å²) in [5.41, 5.74) is 1.76. The van der Waals surface area contributed by atoms with Crippen LogP contribution in [-0.4, -0.2) is 29.5 Å². The first kappa shape index (κ1) is 27.1. The topological polar surface area (TPSA) is 71.1 Å². The third kappa shape index (κ3) is 9.79. The molecule has 31 heavy (non-hydrogen) atoms. The monoisotopic (exact) mass is 435 g/mol. The zero-order valence-corrected chi connectivity index (χ0v) is 20.0. The molecule has 1 aromatic heterocycles. The second-order valence-corrected chi connectivity index (χ2v) is 8.68. The van der Waals surface area contributed by atoms with Crippen LogP contribution in [0.2, 0.25) is 0 Å². The first-order valence-corrected chi connectivity index (χ1v) is 11.9. The van der Waals surface area contributed by atoms with Gasteiger partial charge in [0.15, 0.2) is 0 Å². The molecule has 0 saturated heterocycles. The fourth-order valence-electron chi connectivity index (χ4n) is 4.26. The van der Waals surface area contributed by atoms with Crippen LogP contribution in [0.15, 0.2) is 18.2 Å². The van der Waals surface area contributed by atoms with Gasteiger partial charge in [0.05, 0.1) is 18.3 Å². The first-order valence-electron chi connectivity index (χ1n) is 11.9. The maximum atomic E-state index is 13.7. The molecule has 2 N–H and O–H groups in total. The van der Waals surface area contributed by atoms with Crippen molar-refractivity contribution in [3.8, 4) is 0 Å². The van der Waals surface area contributed by atoms with Gasteiger partial charge in [-0.1, -0.05) is 53.0 Å². The van der Waals surface area contributed by atoms with E-state index in [0.717, 1.165) is 49.9 Å². The molecule has 1 rings (SSSR count). The minimum Gasteiger partial charge on any atom is -0.351 e. The van der Waals surface area contributed by atoms with Crippen LogP contribution in [0.5, 0.6) is 0 Å². The van der Waals surface area contributed by atoms with Crippen molar-refractivity contribution in [1.82, 2.24) is 15.6 Å². The van der Waals surface area contributed by atoms with Gasteiger partial charge in [-0.3, -0.25) is 14.6 Å². The number of unbranched alkanes of at least 4 members (excludes halogenated alkanes) is 1. The number of nitrogens with zero attached hydrogens (tertiary/aromatic N) is 1. The van der Waals surface area contributed by atoms with Crippen LogP contribution < -0.4 is 10.6 Å². The lowest BCUT2D eigenvalue weighted by Gasteiger charge is -2.31. The van der Waals surface area contributed by atoms with E-state index in [1.165, 1.54) is 6.92 Å². The molecular formula is C25H42FN3O2. The van der Waals surface area contributed by atoms with Crippen LogP contribution in [-0.2, 0) is 22.6 Å². The Balaban J connectivity index is 2.81. The maximum Gasteiger partial charge on any atom is 0.223 e. The molecular weight excluding hydrogens is 393 g/mol. The SMILES string of the molecule is CCCCC(C(C)Cc1cccc(CNC(=O)C(CC)CCC)n1)[C@@H](CF)NC(C)=O. The zero-order valence-electron chi connectivity index (χ0n) is 20.0. The average molecular weight is 436 g/mol. The quantitative estimate of drug-likeness (QED) is 0.408. The van der Waals surface area contributed by atoms with Gasteiger partial charge in [-0.05, 0) is 49.7 Å². The van der Waals surface area contributed by atoms with Crippen molar-refractivity contribution in [3.63, 3.8) is 0 Å². The number of aromatic nitrogens is 1. The van der Waals surface area contributed by atoms with E-state index in [2.05, 4.69) is 31.4 Å². The lowest BCUT2D eigenvalue weighted by molar-refractivity contribution is -0.125. The maximum absolute atomic E-state index is 13.7. The summed E-state index contributed by atoms with van der Waals surface area (Å²) >= 11 is 0. The number of hydrogen-bond donors (Lipinski definition) is 2. The van der Waals surface area contributed by atoms with Crippen LogP contribution in [0.3, 0.4) is 0 Å². The molecule has 0 aliphatic carbocycles. The van der Waals surface area contributed by atoms with Crippen molar-refractivity contribution in [2.24, 2.45) is 17.8 Å². The second-order valence-electron chi connectivity index (χ2n) is 8.68. The molecule has 1 aromatic rings. The number of halogens is 1. The van der Waals surface area contributed by atoms with Crippen molar-refractivity contribution >= 4 is 11.8 Å². The second kappa shape index (κ2) is 14.9. The molecule has 0 aliphatic rings. The van der Waals surface area contributed by atoms with Gasteiger partial charge in [0.1, 0.15) is 6.67 Å². The molecule has 0 bridgehead atoms. The normalized spacial score (nSPS) is 15.0. The number of amides is 2. The zero-order chi connectivity index (χ0) is 23.2. The van der Waals surface area contributed by atoms with Crippen LogP contribution in [0, 0.1) is 17.8 Å². The average Bonchev–Trinajstić information content (AvgIpc) is 2.75.